The van der Waals surface area contributed by atoms with Crippen molar-refractivity contribution >= 4 is 34.5 Å². The van der Waals surface area contributed by atoms with Crippen LogP contribution in [0, 0.1) is 5.92 Å². The Balaban J connectivity index is 1.55. The number of rotatable bonds is 6. The van der Waals surface area contributed by atoms with Crippen LogP contribution >= 0.6 is 11.3 Å². The second-order valence-electron chi connectivity index (χ2n) is 7.43. The maximum absolute atomic E-state index is 12.8. The molecule has 2 amide bonds. The van der Waals surface area contributed by atoms with Crippen LogP contribution in [-0.4, -0.2) is 24.0 Å². The molecule has 0 bridgehead atoms. The van der Waals surface area contributed by atoms with Gasteiger partial charge in [-0.1, -0.05) is 24.3 Å². The van der Waals surface area contributed by atoms with Crippen LogP contribution in [0.25, 0.3) is 10.4 Å². The highest BCUT2D eigenvalue weighted by atomic mass is 32.1. The normalized spacial score (nSPS) is 15.3. The first-order valence-electron chi connectivity index (χ1n) is 9.73. The van der Waals surface area contributed by atoms with Gasteiger partial charge in [-0.25, -0.2) is 0 Å². The van der Waals surface area contributed by atoms with Gasteiger partial charge < -0.3 is 21.5 Å². The highest BCUT2D eigenvalue weighted by Crippen LogP contribution is 2.46. The summed E-state index contributed by atoms with van der Waals surface area (Å²) in [7, 11) is 1.51. The number of likely N-dealkylation sites (N-methyl/N-ethyl adjacent to an activating group) is 1. The van der Waals surface area contributed by atoms with Crippen molar-refractivity contribution in [3.05, 3.63) is 71.1 Å². The zero-order valence-electron chi connectivity index (χ0n) is 16.5. The number of carbonyl (C=O) groups is 2. The number of nitrogens with one attached hydrogen (secondary N) is 2. The van der Waals surface area contributed by atoms with Crippen molar-refractivity contribution in [1.82, 2.24) is 5.32 Å². The van der Waals surface area contributed by atoms with Gasteiger partial charge in [0, 0.05) is 23.4 Å². The van der Waals surface area contributed by atoms with Crippen LogP contribution in [-0.2, 0) is 10.4 Å². The van der Waals surface area contributed by atoms with Crippen LogP contribution in [0.5, 0.6) is 0 Å². The molecule has 1 atom stereocenters. The van der Waals surface area contributed by atoms with Crippen molar-refractivity contribution in [2.45, 2.75) is 18.4 Å². The van der Waals surface area contributed by atoms with E-state index in [0.29, 0.717) is 22.5 Å². The molecule has 0 spiro atoms. The van der Waals surface area contributed by atoms with E-state index in [0.717, 1.165) is 23.3 Å². The van der Waals surface area contributed by atoms with Gasteiger partial charge >= 0.3 is 0 Å². The van der Waals surface area contributed by atoms with E-state index in [2.05, 4.69) is 10.6 Å². The van der Waals surface area contributed by atoms with Gasteiger partial charge in [0.25, 0.3) is 11.8 Å². The molecule has 0 aliphatic heterocycles. The van der Waals surface area contributed by atoms with Crippen LogP contribution in [0.2, 0.25) is 0 Å². The summed E-state index contributed by atoms with van der Waals surface area (Å²) in [5.41, 5.74) is 7.37. The SMILES string of the molecule is CNC(=O)C(O)(c1ccc(C(=O)Nc2cc(-c3cccs3)ccc2N)cc1)C1CC1. The Bertz CT molecular complexity index is 1080. The summed E-state index contributed by atoms with van der Waals surface area (Å²) < 4.78 is 0. The van der Waals surface area contributed by atoms with Gasteiger partial charge in [-0.3, -0.25) is 9.59 Å². The first-order chi connectivity index (χ1) is 14.4. The number of hydrogen-bond acceptors (Lipinski definition) is 5. The van der Waals surface area contributed by atoms with Gasteiger partial charge in [0.15, 0.2) is 5.60 Å². The summed E-state index contributed by atoms with van der Waals surface area (Å²) in [5, 5.41) is 18.4. The molecule has 5 N–H and O–H groups in total. The molecular weight excluding hydrogens is 398 g/mol. The molecule has 2 aromatic carbocycles. The average molecular weight is 422 g/mol. The van der Waals surface area contributed by atoms with Gasteiger partial charge in [0.05, 0.1) is 11.4 Å². The number of hydrogen-bond donors (Lipinski definition) is 4. The number of thiophene rings is 1. The molecule has 30 heavy (non-hydrogen) atoms. The van der Waals surface area contributed by atoms with Crippen LogP contribution in [0.1, 0.15) is 28.8 Å². The molecule has 0 saturated heterocycles. The lowest BCUT2D eigenvalue weighted by Crippen LogP contribution is -2.44. The molecule has 7 heteroatoms. The summed E-state index contributed by atoms with van der Waals surface area (Å²) in [6.45, 7) is 0. The van der Waals surface area contributed by atoms with Crippen LogP contribution in [0.4, 0.5) is 11.4 Å². The number of anilines is 2. The van der Waals surface area contributed by atoms with E-state index in [9.17, 15) is 14.7 Å². The lowest BCUT2D eigenvalue weighted by Gasteiger charge is -2.26. The van der Waals surface area contributed by atoms with Crippen molar-refractivity contribution in [3.63, 3.8) is 0 Å². The molecule has 1 aromatic heterocycles. The first-order valence-corrected chi connectivity index (χ1v) is 10.6. The largest absolute Gasteiger partial charge is 0.397 e. The topological polar surface area (TPSA) is 104 Å². The number of amides is 2. The highest BCUT2D eigenvalue weighted by molar-refractivity contribution is 7.13. The summed E-state index contributed by atoms with van der Waals surface area (Å²) in [4.78, 5) is 26.1. The van der Waals surface area contributed by atoms with E-state index < -0.39 is 11.5 Å². The quantitative estimate of drug-likeness (QED) is 0.457. The number of nitrogens with two attached hydrogens (primary N) is 1. The molecule has 1 heterocycles. The van der Waals surface area contributed by atoms with E-state index in [1.54, 1.807) is 41.7 Å². The Morgan fingerprint density at radius 1 is 1.13 bits per heavy atom. The molecule has 1 aliphatic rings. The fraction of sp³-hybridized carbons (Fsp3) is 0.217. The standard InChI is InChI=1S/C23H23N3O3S/c1-25-22(28)23(29,17-9-10-17)16-7-4-14(5-8-16)21(27)26-19-13-15(6-11-18(19)24)20-3-2-12-30-20/h2-8,11-13,17,29H,9-10,24H2,1H3,(H,25,28)(H,26,27). The van der Waals surface area contributed by atoms with Crippen molar-refractivity contribution < 1.29 is 14.7 Å². The Hall–Kier alpha value is -3.16. The first kappa shape index (κ1) is 20.1. The minimum atomic E-state index is -1.57. The molecule has 1 aliphatic carbocycles. The van der Waals surface area contributed by atoms with Crippen molar-refractivity contribution in [1.29, 1.82) is 0 Å². The Kier molecular flexibility index (Phi) is 5.32. The Morgan fingerprint density at radius 2 is 1.87 bits per heavy atom. The van der Waals surface area contributed by atoms with E-state index in [-0.39, 0.29) is 11.8 Å². The highest BCUT2D eigenvalue weighted by Gasteiger charge is 2.50. The minimum Gasteiger partial charge on any atom is -0.397 e. The summed E-state index contributed by atoms with van der Waals surface area (Å²) in [5.74, 6) is -0.844. The third-order valence-electron chi connectivity index (χ3n) is 5.44. The second kappa shape index (κ2) is 7.93. The van der Waals surface area contributed by atoms with Gasteiger partial charge in [-0.15, -0.1) is 11.3 Å². The monoisotopic (exact) mass is 421 g/mol. The maximum atomic E-state index is 12.8. The van der Waals surface area contributed by atoms with E-state index in [4.69, 9.17) is 5.73 Å². The van der Waals surface area contributed by atoms with E-state index in [1.165, 1.54) is 7.05 Å². The number of aliphatic hydroxyl groups is 1. The maximum Gasteiger partial charge on any atom is 0.256 e. The van der Waals surface area contributed by atoms with Crippen LogP contribution < -0.4 is 16.4 Å². The lowest BCUT2D eigenvalue weighted by atomic mass is 9.87. The van der Waals surface area contributed by atoms with Gasteiger partial charge in [0.2, 0.25) is 0 Å². The summed E-state index contributed by atoms with van der Waals surface area (Å²) in [6.07, 6.45) is 1.60. The van der Waals surface area contributed by atoms with E-state index in [1.807, 2.05) is 29.6 Å². The molecule has 1 fully saturated rings. The molecule has 6 nitrogen and oxygen atoms in total. The fourth-order valence-corrected chi connectivity index (χ4v) is 4.30. The van der Waals surface area contributed by atoms with Gasteiger partial charge in [-0.2, -0.15) is 0 Å². The smallest absolute Gasteiger partial charge is 0.256 e. The van der Waals surface area contributed by atoms with Crippen molar-refractivity contribution in [2.75, 3.05) is 18.1 Å². The molecule has 0 radical (unpaired) electrons. The third kappa shape index (κ3) is 3.69. The zero-order valence-corrected chi connectivity index (χ0v) is 17.3. The number of nitrogen functional groups attached to an aromatic ring is 1. The van der Waals surface area contributed by atoms with E-state index >= 15 is 0 Å². The predicted molar refractivity (Wildman–Crippen MR) is 119 cm³/mol. The van der Waals surface area contributed by atoms with Crippen LogP contribution in [0.15, 0.2) is 60.0 Å². The molecule has 1 saturated carbocycles. The zero-order chi connectivity index (χ0) is 21.3. The molecule has 1 unspecified atom stereocenters. The predicted octanol–water partition coefficient (Wildman–Crippen LogP) is 3.59. The fourth-order valence-electron chi connectivity index (χ4n) is 3.57. The number of benzene rings is 2. The van der Waals surface area contributed by atoms with Gasteiger partial charge in [0.1, 0.15) is 0 Å². The minimum absolute atomic E-state index is 0.100. The summed E-state index contributed by atoms with van der Waals surface area (Å²) >= 11 is 1.61. The van der Waals surface area contributed by atoms with Gasteiger partial charge in [-0.05, 0) is 59.7 Å². The Morgan fingerprint density at radius 3 is 2.47 bits per heavy atom. The third-order valence-corrected chi connectivity index (χ3v) is 6.35. The van der Waals surface area contributed by atoms with Crippen molar-refractivity contribution in [2.24, 2.45) is 5.92 Å². The molecule has 4 rings (SSSR count). The molecular formula is C23H23N3O3S. The molecule has 154 valence electrons. The number of carbonyl (C=O) groups excluding carboxylic acids is 2. The molecule has 3 aromatic rings. The van der Waals surface area contributed by atoms with Crippen molar-refractivity contribution in [3.8, 4) is 10.4 Å². The Labute approximate surface area is 178 Å². The summed E-state index contributed by atoms with van der Waals surface area (Å²) in [6, 6.07) is 16.0. The lowest BCUT2D eigenvalue weighted by molar-refractivity contribution is -0.142. The second-order valence-corrected chi connectivity index (χ2v) is 8.38. The van der Waals surface area contributed by atoms with Crippen LogP contribution in [0.3, 0.4) is 0 Å². The average Bonchev–Trinajstić information content (AvgIpc) is 3.49.